The van der Waals surface area contributed by atoms with Crippen molar-refractivity contribution >= 4 is 17.2 Å². The van der Waals surface area contributed by atoms with Crippen LogP contribution in [0.5, 0.6) is 5.75 Å². The number of rotatable bonds is 5. The summed E-state index contributed by atoms with van der Waals surface area (Å²) in [5, 5.41) is 0. The lowest BCUT2D eigenvalue weighted by Crippen LogP contribution is -3.13. The second kappa shape index (κ2) is 8.02. The molecule has 1 fully saturated rings. The van der Waals surface area contributed by atoms with Crippen LogP contribution in [-0.2, 0) is 13.0 Å². The van der Waals surface area contributed by atoms with Crippen LogP contribution in [0.15, 0.2) is 30.3 Å². The number of hydrogen-bond acceptors (Lipinski definition) is 3. The molecule has 0 radical (unpaired) electrons. The molecule has 3 rings (SSSR count). The van der Waals surface area contributed by atoms with Crippen LogP contribution in [-0.4, -0.2) is 44.1 Å². The van der Waals surface area contributed by atoms with Crippen molar-refractivity contribution in [1.29, 1.82) is 0 Å². The molecule has 1 aliphatic heterocycles. The average Bonchev–Trinajstić information content (AvgIpc) is 3.03. The van der Waals surface area contributed by atoms with Crippen molar-refractivity contribution in [1.82, 2.24) is 4.90 Å². The molecule has 1 N–H and O–H groups in total. The summed E-state index contributed by atoms with van der Waals surface area (Å²) in [5.74, 6) is 1.10. The molecular weight excluding hydrogens is 332 g/mol. The summed E-state index contributed by atoms with van der Waals surface area (Å²) >= 11 is 1.66. The first-order valence-electron chi connectivity index (χ1n) is 8.95. The molecule has 4 nitrogen and oxygen atoms in total. The number of benzene rings is 1. The molecule has 25 heavy (non-hydrogen) atoms. The molecule has 5 heteroatoms. The highest BCUT2D eigenvalue weighted by atomic mass is 32.1. The summed E-state index contributed by atoms with van der Waals surface area (Å²) in [5.41, 5.74) is 2.57. The number of piperazine rings is 1. The number of ether oxygens (including phenoxy) is 1. The minimum Gasteiger partial charge on any atom is -0.497 e. The van der Waals surface area contributed by atoms with Gasteiger partial charge in [0, 0.05) is 10.4 Å². The van der Waals surface area contributed by atoms with Gasteiger partial charge < -0.3 is 14.5 Å². The topological polar surface area (TPSA) is 34.0 Å². The number of nitrogens with zero attached hydrogens (tertiary/aromatic N) is 1. The maximum atomic E-state index is 12.7. The number of nitrogens with one attached hydrogen (secondary N) is 1. The van der Waals surface area contributed by atoms with Gasteiger partial charge in [0.25, 0.3) is 5.91 Å². The first-order chi connectivity index (χ1) is 12.1. The highest BCUT2D eigenvalue weighted by Crippen LogP contribution is 2.23. The molecule has 1 saturated heterocycles. The van der Waals surface area contributed by atoms with E-state index < -0.39 is 0 Å². The molecule has 0 unspecified atom stereocenters. The van der Waals surface area contributed by atoms with Crippen LogP contribution >= 0.6 is 11.3 Å². The molecule has 2 heterocycles. The quantitative estimate of drug-likeness (QED) is 0.888. The van der Waals surface area contributed by atoms with Gasteiger partial charge in [-0.1, -0.05) is 6.92 Å². The van der Waals surface area contributed by atoms with Crippen LogP contribution in [0.4, 0.5) is 0 Å². The van der Waals surface area contributed by atoms with E-state index in [2.05, 4.69) is 32.0 Å². The van der Waals surface area contributed by atoms with Crippen LogP contribution in [0.25, 0.3) is 0 Å². The molecule has 0 spiro atoms. The van der Waals surface area contributed by atoms with E-state index in [-0.39, 0.29) is 5.91 Å². The standard InChI is InChI=1S/C20H26N2O2S/c1-4-18-15(2)13-19(25-18)20(23)22-11-9-21(10-12-22)14-16-5-7-17(24-3)8-6-16/h5-8,13H,4,9-12,14H2,1-3H3/p+1. The predicted octanol–water partition coefficient (Wildman–Crippen LogP) is 2.17. The van der Waals surface area contributed by atoms with Gasteiger partial charge in [0.15, 0.2) is 0 Å². The predicted molar refractivity (Wildman–Crippen MR) is 102 cm³/mol. The molecule has 1 amide bonds. The van der Waals surface area contributed by atoms with Crippen LogP contribution < -0.4 is 9.64 Å². The molecule has 1 aliphatic rings. The summed E-state index contributed by atoms with van der Waals surface area (Å²) < 4.78 is 5.21. The Morgan fingerprint density at radius 1 is 1.24 bits per heavy atom. The zero-order valence-corrected chi connectivity index (χ0v) is 16.1. The van der Waals surface area contributed by atoms with Gasteiger partial charge in [-0.3, -0.25) is 4.79 Å². The lowest BCUT2D eigenvalue weighted by molar-refractivity contribution is -0.917. The molecular formula is C20H27N2O2S+. The van der Waals surface area contributed by atoms with Crippen molar-refractivity contribution in [2.75, 3.05) is 33.3 Å². The van der Waals surface area contributed by atoms with Crippen LogP contribution in [0, 0.1) is 6.92 Å². The molecule has 1 aromatic heterocycles. The second-order valence-corrected chi connectivity index (χ2v) is 7.77. The highest BCUT2D eigenvalue weighted by Gasteiger charge is 2.25. The summed E-state index contributed by atoms with van der Waals surface area (Å²) in [4.78, 5) is 18.5. The molecule has 1 aromatic carbocycles. The SMILES string of the molecule is CCc1sc(C(=O)N2CC[NH+](Cc3ccc(OC)cc3)CC2)cc1C. The lowest BCUT2D eigenvalue weighted by Gasteiger charge is -2.32. The monoisotopic (exact) mass is 359 g/mol. The Balaban J connectivity index is 1.54. The Labute approximate surface area is 154 Å². The van der Waals surface area contributed by atoms with Crippen molar-refractivity contribution in [3.8, 4) is 5.75 Å². The van der Waals surface area contributed by atoms with Crippen molar-refractivity contribution in [3.05, 3.63) is 51.2 Å². The van der Waals surface area contributed by atoms with E-state index in [0.29, 0.717) is 0 Å². The van der Waals surface area contributed by atoms with Crippen molar-refractivity contribution < 1.29 is 14.4 Å². The zero-order valence-electron chi connectivity index (χ0n) is 15.3. The zero-order chi connectivity index (χ0) is 17.8. The maximum Gasteiger partial charge on any atom is 0.264 e. The molecule has 0 aliphatic carbocycles. The fourth-order valence-corrected chi connectivity index (χ4v) is 4.45. The summed E-state index contributed by atoms with van der Waals surface area (Å²) in [6.07, 6.45) is 1.00. The van der Waals surface area contributed by atoms with Crippen molar-refractivity contribution in [2.45, 2.75) is 26.8 Å². The summed E-state index contributed by atoms with van der Waals surface area (Å²) in [7, 11) is 1.69. The van der Waals surface area contributed by atoms with E-state index in [4.69, 9.17) is 4.74 Å². The maximum absolute atomic E-state index is 12.7. The Bertz CT molecular complexity index is 716. The Morgan fingerprint density at radius 2 is 1.92 bits per heavy atom. The van der Waals surface area contributed by atoms with E-state index in [1.807, 2.05) is 17.0 Å². The number of thiophene rings is 1. The molecule has 0 saturated carbocycles. The van der Waals surface area contributed by atoms with E-state index in [1.165, 1.54) is 20.9 Å². The Kier molecular flexibility index (Phi) is 5.76. The number of carbonyl (C=O) groups excluding carboxylic acids is 1. The van der Waals surface area contributed by atoms with Gasteiger partial charge >= 0.3 is 0 Å². The third kappa shape index (κ3) is 4.22. The number of amides is 1. The third-order valence-corrected chi connectivity index (χ3v) is 6.29. The van der Waals surface area contributed by atoms with Crippen LogP contribution in [0.1, 0.15) is 32.6 Å². The van der Waals surface area contributed by atoms with Crippen molar-refractivity contribution in [3.63, 3.8) is 0 Å². The molecule has 134 valence electrons. The molecule has 0 atom stereocenters. The van der Waals surface area contributed by atoms with Gasteiger partial charge in [0.05, 0.1) is 38.2 Å². The Morgan fingerprint density at radius 3 is 2.48 bits per heavy atom. The normalized spacial score (nSPS) is 15.4. The van der Waals surface area contributed by atoms with Gasteiger partial charge in [-0.25, -0.2) is 0 Å². The van der Waals surface area contributed by atoms with Gasteiger partial charge in [-0.05, 0) is 49.2 Å². The fraction of sp³-hybridized carbons (Fsp3) is 0.450. The number of aryl methyl sites for hydroxylation is 2. The number of quaternary nitrogens is 1. The smallest absolute Gasteiger partial charge is 0.264 e. The van der Waals surface area contributed by atoms with Gasteiger partial charge in [0.2, 0.25) is 0 Å². The van der Waals surface area contributed by atoms with Crippen LogP contribution in [0.3, 0.4) is 0 Å². The van der Waals surface area contributed by atoms with E-state index >= 15 is 0 Å². The third-order valence-electron chi connectivity index (χ3n) is 4.92. The summed E-state index contributed by atoms with van der Waals surface area (Å²) in [6.45, 7) is 8.93. The van der Waals surface area contributed by atoms with E-state index in [0.717, 1.165) is 49.8 Å². The average molecular weight is 360 g/mol. The van der Waals surface area contributed by atoms with Gasteiger partial charge in [-0.2, -0.15) is 0 Å². The van der Waals surface area contributed by atoms with Gasteiger partial charge in [0.1, 0.15) is 12.3 Å². The number of methoxy groups -OCH3 is 1. The number of hydrogen-bond donors (Lipinski definition) is 1. The van der Waals surface area contributed by atoms with Gasteiger partial charge in [-0.15, -0.1) is 11.3 Å². The summed E-state index contributed by atoms with van der Waals surface area (Å²) in [6, 6.07) is 10.3. The first kappa shape index (κ1) is 18.0. The fourth-order valence-electron chi connectivity index (χ4n) is 3.37. The largest absolute Gasteiger partial charge is 0.497 e. The van der Waals surface area contributed by atoms with Crippen molar-refractivity contribution in [2.24, 2.45) is 0 Å². The molecule has 0 bridgehead atoms. The highest BCUT2D eigenvalue weighted by molar-refractivity contribution is 7.14. The van der Waals surface area contributed by atoms with E-state index in [9.17, 15) is 4.79 Å². The van der Waals surface area contributed by atoms with Crippen LogP contribution in [0.2, 0.25) is 0 Å². The lowest BCUT2D eigenvalue weighted by atomic mass is 10.2. The minimum absolute atomic E-state index is 0.205. The van der Waals surface area contributed by atoms with E-state index in [1.54, 1.807) is 18.4 Å². The molecule has 2 aromatic rings. The second-order valence-electron chi connectivity index (χ2n) is 6.64. The number of carbonyl (C=O) groups is 1. The first-order valence-corrected chi connectivity index (χ1v) is 9.77. The minimum atomic E-state index is 0.205. The Hall–Kier alpha value is -1.85.